The predicted octanol–water partition coefficient (Wildman–Crippen LogP) is 11.4. The molecule has 0 saturated carbocycles. The van der Waals surface area contributed by atoms with Crippen LogP contribution in [0.25, 0.3) is 72.3 Å². The first kappa shape index (κ1) is 28.1. The summed E-state index contributed by atoms with van der Waals surface area (Å²) in [6.07, 6.45) is 0. The van der Waals surface area contributed by atoms with E-state index in [1.165, 1.54) is 10.8 Å². The first-order valence-electron chi connectivity index (χ1n) is 16.3. The lowest BCUT2D eigenvalue weighted by molar-refractivity contribution is -0.0778. The van der Waals surface area contributed by atoms with Gasteiger partial charge >= 0.3 is 0 Å². The second-order valence-electron chi connectivity index (χ2n) is 12.7. The van der Waals surface area contributed by atoms with Crippen molar-refractivity contribution < 1.29 is 9.47 Å². The number of hydrogen-bond donors (Lipinski definition) is 0. The molecule has 8 aromatic rings. The van der Waals surface area contributed by atoms with E-state index in [1.54, 1.807) is 0 Å². The minimum absolute atomic E-state index is 0.778. The van der Waals surface area contributed by atoms with E-state index in [2.05, 4.69) is 150 Å². The van der Waals surface area contributed by atoms with Crippen molar-refractivity contribution in [1.29, 1.82) is 0 Å². The Morgan fingerprint density at radius 1 is 0.458 bits per heavy atom. The van der Waals surface area contributed by atoms with Gasteiger partial charge in [0.05, 0.1) is 22.4 Å². The summed E-state index contributed by atoms with van der Waals surface area (Å²) >= 11 is 0. The van der Waals surface area contributed by atoms with E-state index in [-0.39, 0.29) is 0 Å². The van der Waals surface area contributed by atoms with Crippen LogP contribution in [0.4, 0.5) is 0 Å². The summed E-state index contributed by atoms with van der Waals surface area (Å²) in [6.45, 7) is 3.93. The minimum atomic E-state index is -0.876. The fourth-order valence-electron chi connectivity index (χ4n) is 6.93. The largest absolute Gasteiger partial charge is 0.452 e. The van der Waals surface area contributed by atoms with Gasteiger partial charge in [0, 0.05) is 58.6 Å². The third-order valence-corrected chi connectivity index (χ3v) is 9.08. The highest BCUT2D eigenvalue weighted by atomic mass is 16.7. The third kappa shape index (κ3) is 4.81. The van der Waals surface area contributed by atoms with Gasteiger partial charge in [-0.1, -0.05) is 103 Å². The predicted molar refractivity (Wildman–Crippen MR) is 196 cm³/mol. The molecule has 2 aromatic heterocycles. The first-order valence-corrected chi connectivity index (χ1v) is 16.3. The Kier molecular flexibility index (Phi) is 6.44. The molecule has 1 aliphatic rings. The topological polar surface area (TPSA) is 36.3 Å². The molecule has 48 heavy (non-hydrogen) atoms. The molecule has 1 aliphatic heterocycles. The number of pyridine rings is 1. The summed E-state index contributed by atoms with van der Waals surface area (Å²) in [4.78, 5) is 5.09. The monoisotopic (exact) mass is 620 g/mol. The molecule has 0 N–H and O–H groups in total. The number of ether oxygens (including phenoxy) is 2. The molecule has 0 saturated heterocycles. The number of aromatic nitrogens is 2. The average Bonchev–Trinajstić information content (AvgIpc) is 3.40. The average molecular weight is 621 g/mol. The van der Waals surface area contributed by atoms with Gasteiger partial charge in [0.15, 0.2) is 0 Å². The number of fused-ring (bicyclic) bond motifs is 6. The second-order valence-corrected chi connectivity index (χ2v) is 12.7. The van der Waals surface area contributed by atoms with Crippen LogP contribution in [-0.4, -0.2) is 15.3 Å². The van der Waals surface area contributed by atoms with E-state index in [4.69, 9.17) is 14.5 Å². The van der Waals surface area contributed by atoms with E-state index < -0.39 is 5.79 Å². The van der Waals surface area contributed by atoms with Crippen molar-refractivity contribution in [2.45, 2.75) is 19.6 Å². The molecular weight excluding hydrogens is 588 g/mol. The van der Waals surface area contributed by atoms with Gasteiger partial charge in [-0.3, -0.25) is 0 Å². The molecular formula is C44H32N2O2. The summed E-state index contributed by atoms with van der Waals surface area (Å²) in [7, 11) is 0. The van der Waals surface area contributed by atoms with Gasteiger partial charge in [0.2, 0.25) is 5.79 Å². The Balaban J connectivity index is 1.22. The van der Waals surface area contributed by atoms with E-state index in [0.717, 1.165) is 73.0 Å². The minimum Gasteiger partial charge on any atom is -0.452 e. The Hall–Kier alpha value is -6.13. The van der Waals surface area contributed by atoms with E-state index >= 15 is 0 Å². The van der Waals surface area contributed by atoms with Crippen LogP contribution in [0.5, 0.6) is 11.5 Å². The number of para-hydroxylation sites is 2. The SMILES string of the molecule is CC1(C)Oc2cc(-n3c4ccccc4c4ccccc43)ccc2-c2cc(-c3cc(-c4ccccc4)nc(-c4ccccc4)c3)ccc2O1. The van der Waals surface area contributed by atoms with E-state index in [0.29, 0.717) is 0 Å². The maximum atomic E-state index is 6.64. The molecule has 0 atom stereocenters. The summed E-state index contributed by atoms with van der Waals surface area (Å²) in [5.41, 5.74) is 11.5. The van der Waals surface area contributed by atoms with Gasteiger partial charge in [-0.25, -0.2) is 4.98 Å². The summed E-state index contributed by atoms with van der Waals surface area (Å²) in [5.74, 6) is 0.686. The fourth-order valence-corrected chi connectivity index (χ4v) is 6.93. The highest BCUT2D eigenvalue weighted by Crippen LogP contribution is 2.46. The van der Waals surface area contributed by atoms with Crippen molar-refractivity contribution in [3.05, 3.63) is 158 Å². The van der Waals surface area contributed by atoms with Crippen molar-refractivity contribution >= 4 is 21.8 Å². The van der Waals surface area contributed by atoms with Crippen LogP contribution in [-0.2, 0) is 0 Å². The normalized spacial score (nSPS) is 13.3. The number of nitrogens with zero attached hydrogens (tertiary/aromatic N) is 2. The quantitative estimate of drug-likeness (QED) is 0.196. The van der Waals surface area contributed by atoms with Gasteiger partial charge in [0.25, 0.3) is 0 Å². The Morgan fingerprint density at radius 2 is 1.02 bits per heavy atom. The lowest BCUT2D eigenvalue weighted by Gasteiger charge is -2.26. The molecule has 230 valence electrons. The molecule has 0 fully saturated rings. The standard InChI is InChI=1S/C44H32N2O2/c1-44(2)47-42-24-21-31(32-26-38(29-13-5-3-6-14-29)45-39(27-32)30-15-7-4-8-16-30)25-37(42)36-23-22-33(28-43(36)48-44)46-40-19-11-9-17-34(40)35-18-10-12-20-41(35)46/h3-28H,1-2H3. The van der Waals surface area contributed by atoms with E-state index in [1.807, 2.05) is 26.0 Å². The zero-order chi connectivity index (χ0) is 32.2. The number of hydrogen-bond acceptors (Lipinski definition) is 3. The molecule has 3 heterocycles. The molecule has 0 bridgehead atoms. The summed E-state index contributed by atoms with van der Waals surface area (Å²) in [6, 6.07) is 55.1. The maximum absolute atomic E-state index is 6.64. The summed E-state index contributed by atoms with van der Waals surface area (Å²) in [5, 5.41) is 2.45. The van der Waals surface area contributed by atoms with E-state index in [9.17, 15) is 0 Å². The smallest absolute Gasteiger partial charge is 0.245 e. The van der Waals surface area contributed by atoms with Crippen LogP contribution in [0.3, 0.4) is 0 Å². The molecule has 6 aromatic carbocycles. The van der Waals surface area contributed by atoms with Crippen LogP contribution < -0.4 is 9.47 Å². The van der Waals surface area contributed by atoms with Crippen molar-refractivity contribution in [2.24, 2.45) is 0 Å². The number of benzene rings is 6. The van der Waals surface area contributed by atoms with Crippen LogP contribution >= 0.6 is 0 Å². The van der Waals surface area contributed by atoms with Gasteiger partial charge < -0.3 is 14.0 Å². The molecule has 0 aliphatic carbocycles. The zero-order valence-electron chi connectivity index (χ0n) is 26.7. The fraction of sp³-hybridized carbons (Fsp3) is 0.0682. The van der Waals surface area contributed by atoms with Crippen molar-refractivity contribution in [2.75, 3.05) is 0 Å². The lowest BCUT2D eigenvalue weighted by atomic mass is 9.95. The molecule has 0 unspecified atom stereocenters. The van der Waals surface area contributed by atoms with Crippen molar-refractivity contribution in [3.8, 4) is 62.0 Å². The Bertz CT molecular complexity index is 2370. The Morgan fingerprint density at radius 3 is 1.65 bits per heavy atom. The van der Waals surface area contributed by atoms with Crippen molar-refractivity contribution in [1.82, 2.24) is 9.55 Å². The van der Waals surface area contributed by atoms with Crippen LogP contribution in [0, 0.1) is 0 Å². The van der Waals surface area contributed by atoms with Crippen LogP contribution in [0.2, 0.25) is 0 Å². The molecule has 4 nitrogen and oxygen atoms in total. The zero-order valence-corrected chi connectivity index (χ0v) is 26.7. The lowest BCUT2D eigenvalue weighted by Crippen LogP contribution is -2.34. The highest BCUT2D eigenvalue weighted by molar-refractivity contribution is 6.09. The maximum Gasteiger partial charge on any atom is 0.245 e. The van der Waals surface area contributed by atoms with Crippen LogP contribution in [0.15, 0.2) is 158 Å². The number of rotatable bonds is 4. The van der Waals surface area contributed by atoms with Gasteiger partial charge in [0.1, 0.15) is 11.5 Å². The van der Waals surface area contributed by atoms with Gasteiger partial charge in [-0.05, 0) is 59.7 Å². The summed E-state index contributed by atoms with van der Waals surface area (Å²) < 4.78 is 15.5. The molecule has 0 radical (unpaired) electrons. The molecule has 0 amide bonds. The first-order chi connectivity index (χ1) is 23.5. The Labute approximate surface area is 279 Å². The highest BCUT2D eigenvalue weighted by Gasteiger charge is 2.30. The van der Waals surface area contributed by atoms with Crippen molar-refractivity contribution in [3.63, 3.8) is 0 Å². The second kappa shape index (κ2) is 11.0. The third-order valence-electron chi connectivity index (χ3n) is 9.08. The van der Waals surface area contributed by atoms with Crippen LogP contribution in [0.1, 0.15) is 13.8 Å². The molecule has 0 spiro atoms. The molecule has 4 heteroatoms. The van der Waals surface area contributed by atoms with Gasteiger partial charge in [-0.2, -0.15) is 0 Å². The van der Waals surface area contributed by atoms with Gasteiger partial charge in [-0.15, -0.1) is 0 Å². The molecule has 9 rings (SSSR count).